The molecule has 1 rings (SSSR count). The highest BCUT2D eigenvalue weighted by molar-refractivity contribution is 6.28. The van der Waals surface area contributed by atoms with Crippen molar-refractivity contribution in [1.82, 2.24) is 0 Å². The van der Waals surface area contributed by atoms with E-state index in [-0.39, 0.29) is 11.3 Å². The average molecular weight is 164 g/mol. The first-order chi connectivity index (χ1) is 5.65. The minimum Gasteiger partial charge on any atom is -0.477 e. The largest absolute Gasteiger partial charge is 0.477 e. The fourth-order valence-corrected chi connectivity index (χ4v) is 0.774. The van der Waals surface area contributed by atoms with Crippen molar-refractivity contribution in [3.8, 4) is 0 Å². The number of carbonyl (C=O) groups is 2. The minimum atomic E-state index is -1.29. The predicted octanol–water partition coefficient (Wildman–Crippen LogP) is -0.193. The molecule has 0 radical (unpaired) electrons. The maximum atomic E-state index is 10.7. The highest BCUT2D eigenvalue weighted by atomic mass is 16.4. The molecule has 1 aliphatic rings. The van der Waals surface area contributed by atoms with Gasteiger partial charge in [0.05, 0.1) is 0 Å². The lowest BCUT2D eigenvalue weighted by atomic mass is 10.0. The topological polar surface area (TPSA) is 90.8 Å². The van der Waals surface area contributed by atoms with E-state index in [1.54, 1.807) is 0 Å². The summed E-state index contributed by atoms with van der Waals surface area (Å²) in [5.74, 6) is -1.72. The molecule has 0 aromatic carbocycles. The Balaban J connectivity index is 3.19. The van der Waals surface area contributed by atoms with Gasteiger partial charge in [-0.25, -0.2) is 4.79 Å². The van der Waals surface area contributed by atoms with Crippen molar-refractivity contribution < 1.29 is 19.5 Å². The summed E-state index contributed by atoms with van der Waals surface area (Å²) in [6.07, 6.45) is 3.17. The van der Waals surface area contributed by atoms with Crippen molar-refractivity contribution in [3.63, 3.8) is 0 Å². The summed E-state index contributed by atoms with van der Waals surface area (Å²) in [6, 6.07) is 0. The number of hydrogen-bond acceptors (Lipinski definition) is 2. The van der Waals surface area contributed by atoms with Crippen molar-refractivity contribution in [1.29, 1.82) is 0 Å². The standard InChI is InChI=1S/C7H4N2O3/c8-9-6-2-1-4(10)3-5(6)7(11)12/h1-3H,(H,11,12). The van der Waals surface area contributed by atoms with Crippen molar-refractivity contribution in [3.05, 3.63) is 29.3 Å². The smallest absolute Gasteiger partial charge is 0.343 e. The summed E-state index contributed by atoms with van der Waals surface area (Å²) < 4.78 is 0. The van der Waals surface area contributed by atoms with E-state index in [0.29, 0.717) is 0 Å². The maximum Gasteiger partial charge on any atom is 0.343 e. The van der Waals surface area contributed by atoms with E-state index in [1.165, 1.54) is 0 Å². The summed E-state index contributed by atoms with van der Waals surface area (Å²) >= 11 is 0. The second kappa shape index (κ2) is 2.94. The van der Waals surface area contributed by atoms with E-state index in [2.05, 4.69) is 4.79 Å². The van der Waals surface area contributed by atoms with Gasteiger partial charge in [-0.1, -0.05) is 0 Å². The second-order valence-corrected chi connectivity index (χ2v) is 2.08. The quantitative estimate of drug-likeness (QED) is 0.330. The van der Waals surface area contributed by atoms with Gasteiger partial charge in [-0.15, -0.1) is 0 Å². The van der Waals surface area contributed by atoms with Gasteiger partial charge in [-0.3, -0.25) is 4.79 Å². The number of ketones is 1. The van der Waals surface area contributed by atoms with Crippen LogP contribution in [-0.4, -0.2) is 27.4 Å². The molecule has 0 amide bonds. The van der Waals surface area contributed by atoms with Gasteiger partial charge < -0.3 is 10.6 Å². The zero-order valence-electron chi connectivity index (χ0n) is 5.89. The molecule has 0 unspecified atom stereocenters. The third-order valence-corrected chi connectivity index (χ3v) is 1.31. The lowest BCUT2D eigenvalue weighted by Gasteiger charge is -1.95. The molecule has 12 heavy (non-hydrogen) atoms. The van der Waals surface area contributed by atoms with E-state index in [0.717, 1.165) is 18.2 Å². The minimum absolute atomic E-state index is 0.123. The monoisotopic (exact) mass is 164 g/mol. The molecule has 1 N–H and O–H groups in total. The molecule has 0 saturated heterocycles. The Kier molecular flexibility index (Phi) is 1.98. The van der Waals surface area contributed by atoms with Crippen LogP contribution in [0.3, 0.4) is 0 Å². The number of aliphatic carboxylic acids is 1. The van der Waals surface area contributed by atoms with Crippen molar-refractivity contribution in [2.75, 3.05) is 0 Å². The highest BCUT2D eigenvalue weighted by Gasteiger charge is 2.24. The fourth-order valence-electron chi connectivity index (χ4n) is 0.774. The van der Waals surface area contributed by atoms with Crippen LogP contribution in [-0.2, 0) is 9.59 Å². The van der Waals surface area contributed by atoms with Crippen LogP contribution in [0.1, 0.15) is 0 Å². The number of rotatable bonds is 1. The molecule has 0 heterocycles. The molecule has 0 aromatic heterocycles. The van der Waals surface area contributed by atoms with E-state index in [1.807, 2.05) is 0 Å². The zero-order chi connectivity index (χ0) is 9.14. The van der Waals surface area contributed by atoms with E-state index in [9.17, 15) is 9.59 Å². The average Bonchev–Trinajstić information content (AvgIpc) is 2.04. The van der Waals surface area contributed by atoms with Crippen LogP contribution in [0, 0.1) is 0 Å². The first kappa shape index (κ1) is 8.10. The summed E-state index contributed by atoms with van der Waals surface area (Å²) in [4.78, 5) is 23.8. The first-order valence-corrected chi connectivity index (χ1v) is 3.04. The molecule has 5 heteroatoms. The van der Waals surface area contributed by atoms with Gasteiger partial charge in [0, 0.05) is 12.2 Å². The number of hydrogen-bond donors (Lipinski definition) is 1. The third-order valence-electron chi connectivity index (χ3n) is 1.31. The Morgan fingerprint density at radius 3 is 2.67 bits per heavy atom. The van der Waals surface area contributed by atoms with Gasteiger partial charge in [0.15, 0.2) is 11.4 Å². The van der Waals surface area contributed by atoms with E-state index < -0.39 is 11.8 Å². The van der Waals surface area contributed by atoms with Crippen LogP contribution < -0.4 is 0 Å². The van der Waals surface area contributed by atoms with Crippen LogP contribution in [0.5, 0.6) is 0 Å². The summed E-state index contributed by atoms with van der Waals surface area (Å²) in [5, 5.41) is 8.51. The molecule has 0 aromatic rings. The normalized spacial score (nSPS) is 15.5. The molecular formula is C7H4N2O3. The second-order valence-electron chi connectivity index (χ2n) is 2.08. The van der Waals surface area contributed by atoms with E-state index in [4.69, 9.17) is 10.6 Å². The van der Waals surface area contributed by atoms with Gasteiger partial charge in [0.25, 0.3) is 0 Å². The van der Waals surface area contributed by atoms with E-state index >= 15 is 0 Å². The fraction of sp³-hybridized carbons (Fsp3) is 0. The van der Waals surface area contributed by atoms with Gasteiger partial charge in [0.1, 0.15) is 0 Å². The predicted molar refractivity (Wildman–Crippen MR) is 38.5 cm³/mol. The molecular weight excluding hydrogens is 160 g/mol. The van der Waals surface area contributed by atoms with Gasteiger partial charge in [0.2, 0.25) is 0 Å². The molecule has 0 aliphatic heterocycles. The molecule has 5 nitrogen and oxygen atoms in total. The molecule has 0 bridgehead atoms. The van der Waals surface area contributed by atoms with Crippen molar-refractivity contribution >= 4 is 17.5 Å². The Morgan fingerprint density at radius 2 is 2.17 bits per heavy atom. The lowest BCUT2D eigenvalue weighted by Crippen LogP contribution is -2.16. The van der Waals surface area contributed by atoms with Crippen LogP contribution in [0.15, 0.2) is 23.8 Å². The molecule has 0 spiro atoms. The third kappa shape index (κ3) is 1.36. The summed E-state index contributed by atoms with van der Waals surface area (Å²) in [5.41, 5.74) is 7.89. The number of carbonyl (C=O) groups excluding carboxylic acids is 1. The molecule has 0 saturated carbocycles. The molecule has 0 fully saturated rings. The Hall–Kier alpha value is -2.00. The van der Waals surface area contributed by atoms with Crippen LogP contribution in [0.4, 0.5) is 0 Å². The lowest BCUT2D eigenvalue weighted by molar-refractivity contribution is -0.132. The number of carboxylic acids is 1. The van der Waals surface area contributed by atoms with Crippen LogP contribution in [0.2, 0.25) is 0 Å². The van der Waals surface area contributed by atoms with Gasteiger partial charge in [-0.05, 0) is 6.08 Å². The molecule has 60 valence electrons. The Morgan fingerprint density at radius 1 is 1.50 bits per heavy atom. The molecule has 1 aliphatic carbocycles. The van der Waals surface area contributed by atoms with Crippen molar-refractivity contribution in [2.24, 2.45) is 0 Å². The maximum absolute atomic E-state index is 10.7. The number of nitrogens with zero attached hydrogens (tertiary/aromatic N) is 2. The van der Waals surface area contributed by atoms with Crippen LogP contribution in [0.25, 0.3) is 5.53 Å². The highest BCUT2D eigenvalue weighted by Crippen LogP contribution is 2.04. The van der Waals surface area contributed by atoms with Crippen molar-refractivity contribution in [2.45, 2.75) is 0 Å². The summed E-state index contributed by atoms with van der Waals surface area (Å²) in [6.45, 7) is 0. The van der Waals surface area contributed by atoms with Gasteiger partial charge >= 0.3 is 11.7 Å². The first-order valence-electron chi connectivity index (χ1n) is 3.04. The Bertz CT molecular complexity index is 359. The zero-order valence-corrected chi connectivity index (χ0v) is 5.89. The summed E-state index contributed by atoms with van der Waals surface area (Å²) in [7, 11) is 0. The Labute approximate surface area is 67.2 Å². The van der Waals surface area contributed by atoms with Gasteiger partial charge in [-0.2, -0.15) is 4.79 Å². The molecule has 0 atom stereocenters. The van der Waals surface area contributed by atoms with Crippen LogP contribution >= 0.6 is 0 Å². The number of allylic oxidation sites excluding steroid dienone is 3. The number of carboxylic acid groups (broad SMARTS) is 1. The SMILES string of the molecule is [N-]=[N+]=C1C=CC(=O)C=C1C(=O)O.